The van der Waals surface area contributed by atoms with Gasteiger partial charge in [0.25, 0.3) is 0 Å². The van der Waals surface area contributed by atoms with Gasteiger partial charge in [-0.25, -0.2) is 0 Å². The van der Waals surface area contributed by atoms with E-state index in [9.17, 15) is 5.11 Å². The molecular formula is C15H25NOS. The molecule has 1 saturated carbocycles. The molecule has 1 heterocycles. The number of aliphatic hydroxyl groups is 1. The summed E-state index contributed by atoms with van der Waals surface area (Å²) in [5.74, 6) is 0. The molecule has 0 radical (unpaired) electrons. The Morgan fingerprint density at radius 1 is 1.28 bits per heavy atom. The molecule has 0 spiro atoms. The highest BCUT2D eigenvalue weighted by Gasteiger charge is 2.43. The molecular weight excluding hydrogens is 242 g/mol. The molecule has 18 heavy (non-hydrogen) atoms. The van der Waals surface area contributed by atoms with Gasteiger partial charge in [-0.05, 0) is 50.2 Å². The van der Waals surface area contributed by atoms with Crippen molar-refractivity contribution in [3.05, 3.63) is 21.9 Å². The molecule has 3 heteroatoms. The van der Waals surface area contributed by atoms with Gasteiger partial charge in [0, 0.05) is 21.7 Å². The summed E-state index contributed by atoms with van der Waals surface area (Å²) in [6.45, 7) is 7.30. The fraction of sp³-hybridized carbons (Fsp3) is 0.733. The van der Waals surface area contributed by atoms with Gasteiger partial charge in [-0.1, -0.05) is 13.8 Å². The molecule has 0 amide bonds. The molecule has 2 nitrogen and oxygen atoms in total. The van der Waals surface area contributed by atoms with Crippen molar-refractivity contribution in [1.29, 1.82) is 0 Å². The lowest BCUT2D eigenvalue weighted by molar-refractivity contribution is -0.0215. The predicted octanol–water partition coefficient (Wildman–Crippen LogP) is 3.64. The Hall–Kier alpha value is -0.380. The fourth-order valence-electron chi connectivity index (χ4n) is 2.92. The van der Waals surface area contributed by atoms with E-state index in [0.717, 1.165) is 30.6 Å². The third-order valence-electron chi connectivity index (χ3n) is 4.62. The number of hydrogen-bond donors (Lipinski definition) is 2. The molecule has 1 aliphatic rings. The zero-order chi connectivity index (χ0) is 13.4. The highest BCUT2D eigenvalue weighted by molar-refractivity contribution is 7.12. The highest BCUT2D eigenvalue weighted by atomic mass is 32.1. The maximum atomic E-state index is 10.7. The largest absolute Gasteiger partial charge is 0.387 e. The van der Waals surface area contributed by atoms with Crippen LogP contribution in [-0.2, 0) is 0 Å². The monoisotopic (exact) mass is 267 g/mol. The van der Waals surface area contributed by atoms with Gasteiger partial charge in [-0.2, -0.15) is 0 Å². The minimum Gasteiger partial charge on any atom is -0.387 e. The molecule has 1 aliphatic carbocycles. The van der Waals surface area contributed by atoms with Crippen LogP contribution in [0.25, 0.3) is 0 Å². The average molecular weight is 267 g/mol. The predicted molar refractivity (Wildman–Crippen MR) is 77.8 cm³/mol. The third-order valence-corrected chi connectivity index (χ3v) is 5.67. The van der Waals surface area contributed by atoms with Gasteiger partial charge in [0.15, 0.2) is 0 Å². The van der Waals surface area contributed by atoms with E-state index in [4.69, 9.17) is 5.73 Å². The van der Waals surface area contributed by atoms with Crippen molar-refractivity contribution in [2.24, 2.45) is 16.6 Å². The van der Waals surface area contributed by atoms with Gasteiger partial charge in [-0.3, -0.25) is 0 Å². The summed E-state index contributed by atoms with van der Waals surface area (Å²) >= 11 is 1.70. The van der Waals surface area contributed by atoms with Gasteiger partial charge in [0.05, 0.1) is 6.10 Å². The molecule has 3 N–H and O–H groups in total. The molecule has 1 unspecified atom stereocenters. The van der Waals surface area contributed by atoms with Crippen molar-refractivity contribution < 1.29 is 5.11 Å². The number of hydrogen-bond acceptors (Lipinski definition) is 3. The van der Waals surface area contributed by atoms with Crippen LogP contribution >= 0.6 is 11.3 Å². The van der Waals surface area contributed by atoms with Crippen LogP contribution in [0.15, 0.2) is 12.1 Å². The van der Waals surface area contributed by atoms with Crippen LogP contribution in [-0.4, -0.2) is 11.7 Å². The summed E-state index contributed by atoms with van der Waals surface area (Å²) in [5, 5.41) is 10.7. The number of rotatable bonds is 3. The first-order chi connectivity index (χ1) is 8.38. The Morgan fingerprint density at radius 3 is 2.33 bits per heavy atom. The molecule has 0 aliphatic heterocycles. The van der Waals surface area contributed by atoms with Crippen LogP contribution in [0.1, 0.15) is 55.4 Å². The first kappa shape index (κ1) is 14.0. The zero-order valence-electron chi connectivity index (χ0n) is 11.7. The van der Waals surface area contributed by atoms with Crippen LogP contribution in [0, 0.1) is 17.8 Å². The fourth-order valence-corrected chi connectivity index (χ4v) is 3.92. The molecule has 1 aromatic heterocycles. The van der Waals surface area contributed by atoms with E-state index in [-0.39, 0.29) is 5.41 Å². The average Bonchev–Trinajstić information content (AvgIpc) is 2.76. The quantitative estimate of drug-likeness (QED) is 0.878. The lowest BCUT2D eigenvalue weighted by atomic mass is 9.62. The van der Waals surface area contributed by atoms with Crippen LogP contribution in [0.5, 0.6) is 0 Å². The maximum absolute atomic E-state index is 10.7. The van der Waals surface area contributed by atoms with Crippen molar-refractivity contribution in [3.8, 4) is 0 Å². The second kappa shape index (κ2) is 4.95. The standard InChI is InChI=1S/C15H25NOS/c1-11-4-5-12(18-11)13(17)15(10-16)8-6-14(2,3)7-9-15/h4-5,13,17H,6-10,16H2,1-3H3. The number of aryl methyl sites for hydroxylation is 1. The lowest BCUT2D eigenvalue weighted by Crippen LogP contribution is -2.41. The Labute approximate surface area is 114 Å². The van der Waals surface area contributed by atoms with Crippen molar-refractivity contribution >= 4 is 11.3 Å². The minimum absolute atomic E-state index is 0.104. The maximum Gasteiger partial charge on any atom is 0.0950 e. The third kappa shape index (κ3) is 2.63. The molecule has 1 atom stereocenters. The Balaban J connectivity index is 2.18. The van der Waals surface area contributed by atoms with E-state index >= 15 is 0 Å². The van der Waals surface area contributed by atoms with Crippen LogP contribution in [0.4, 0.5) is 0 Å². The van der Waals surface area contributed by atoms with Gasteiger partial charge < -0.3 is 10.8 Å². The van der Waals surface area contributed by atoms with Crippen molar-refractivity contribution in [3.63, 3.8) is 0 Å². The van der Waals surface area contributed by atoms with Crippen LogP contribution < -0.4 is 5.73 Å². The number of aliphatic hydroxyl groups excluding tert-OH is 1. The Kier molecular flexibility index (Phi) is 3.86. The zero-order valence-corrected chi connectivity index (χ0v) is 12.5. The molecule has 102 valence electrons. The van der Waals surface area contributed by atoms with E-state index in [2.05, 4.69) is 32.9 Å². The summed E-state index contributed by atoms with van der Waals surface area (Å²) in [5.41, 5.74) is 6.32. The normalized spacial score (nSPS) is 23.8. The van der Waals surface area contributed by atoms with Crippen LogP contribution in [0.2, 0.25) is 0 Å². The van der Waals surface area contributed by atoms with E-state index in [0.29, 0.717) is 12.0 Å². The smallest absolute Gasteiger partial charge is 0.0950 e. The summed E-state index contributed by atoms with van der Waals surface area (Å²) in [4.78, 5) is 2.34. The Bertz CT molecular complexity index is 400. The molecule has 0 aromatic carbocycles. The van der Waals surface area contributed by atoms with Gasteiger partial charge in [0.1, 0.15) is 0 Å². The summed E-state index contributed by atoms with van der Waals surface area (Å²) in [6, 6.07) is 4.14. The van der Waals surface area contributed by atoms with Crippen molar-refractivity contribution in [2.75, 3.05) is 6.54 Å². The first-order valence-corrected chi connectivity index (χ1v) is 7.65. The second-order valence-corrected chi connectivity index (χ2v) is 7.90. The molecule has 0 saturated heterocycles. The number of nitrogens with two attached hydrogens (primary N) is 1. The molecule has 1 fully saturated rings. The first-order valence-electron chi connectivity index (χ1n) is 6.83. The van der Waals surface area contributed by atoms with Gasteiger partial charge in [0.2, 0.25) is 0 Å². The highest BCUT2D eigenvalue weighted by Crippen LogP contribution is 2.51. The Morgan fingerprint density at radius 2 is 1.89 bits per heavy atom. The molecule has 0 bridgehead atoms. The van der Waals surface area contributed by atoms with Gasteiger partial charge >= 0.3 is 0 Å². The minimum atomic E-state index is -0.391. The molecule has 1 aromatic rings. The summed E-state index contributed by atoms with van der Waals surface area (Å²) < 4.78 is 0. The summed E-state index contributed by atoms with van der Waals surface area (Å²) in [6.07, 6.45) is 4.00. The van der Waals surface area contributed by atoms with Crippen molar-refractivity contribution in [1.82, 2.24) is 0 Å². The topological polar surface area (TPSA) is 46.2 Å². The van der Waals surface area contributed by atoms with Crippen molar-refractivity contribution in [2.45, 2.75) is 52.6 Å². The van der Waals surface area contributed by atoms with E-state index in [1.165, 1.54) is 4.88 Å². The SMILES string of the molecule is Cc1ccc(C(O)C2(CN)CCC(C)(C)CC2)s1. The van der Waals surface area contributed by atoms with Crippen LogP contribution in [0.3, 0.4) is 0 Å². The lowest BCUT2D eigenvalue weighted by Gasteiger charge is -2.45. The van der Waals surface area contributed by atoms with E-state index < -0.39 is 6.10 Å². The molecule has 2 rings (SSSR count). The number of thiophene rings is 1. The van der Waals surface area contributed by atoms with E-state index in [1.54, 1.807) is 11.3 Å². The summed E-state index contributed by atoms with van der Waals surface area (Å²) in [7, 11) is 0. The van der Waals surface area contributed by atoms with Gasteiger partial charge in [-0.15, -0.1) is 11.3 Å². The second-order valence-electron chi connectivity index (χ2n) is 6.58. The van der Waals surface area contributed by atoms with E-state index in [1.807, 2.05) is 0 Å².